The Hall–Kier alpha value is -4.95. The Bertz CT molecular complexity index is 2190. The Balaban J connectivity index is 1.15. The Labute approximate surface area is 322 Å². The van der Waals surface area contributed by atoms with Crippen LogP contribution in [0.3, 0.4) is 0 Å². The second-order valence-electron chi connectivity index (χ2n) is 13.7. The summed E-state index contributed by atoms with van der Waals surface area (Å²) in [5.74, 6) is 0.754. The molecule has 7 rings (SSSR count). The number of carbonyl (C=O) groups is 2. The molecule has 0 unspecified atom stereocenters. The van der Waals surface area contributed by atoms with Gasteiger partial charge in [0, 0.05) is 78.0 Å². The SMILES string of the molecule is COc1nc(-c2cccc(-c3ccnc(-c4cc(OC)c5nc(CN[C@H]6CC[C@H](O)CC6)cn5c4)c3Cl)c2Cl)ccc1CN(C[C@@H]1CCC(=O)N1)C(=O)O. The van der Waals surface area contributed by atoms with Crippen LogP contribution >= 0.6 is 23.2 Å². The van der Waals surface area contributed by atoms with Gasteiger partial charge in [0.1, 0.15) is 0 Å². The maximum atomic E-state index is 12.1. The molecule has 1 aliphatic carbocycles. The van der Waals surface area contributed by atoms with Gasteiger partial charge in [0.2, 0.25) is 11.8 Å². The van der Waals surface area contributed by atoms with Gasteiger partial charge < -0.3 is 39.6 Å². The fraction of sp³-hybridized carbons (Fsp3) is 0.359. The number of ether oxygens (including phenoxy) is 2. The number of benzene rings is 1. The molecule has 2 amide bonds. The van der Waals surface area contributed by atoms with Crippen LogP contribution in [0.15, 0.2) is 61.1 Å². The number of halogens is 2. The number of pyridine rings is 3. The van der Waals surface area contributed by atoms with Gasteiger partial charge >= 0.3 is 6.09 Å². The number of amides is 2. The number of aromatic nitrogens is 4. The van der Waals surface area contributed by atoms with E-state index in [2.05, 4.69) is 15.6 Å². The largest absolute Gasteiger partial charge is 0.493 e. The number of carbonyl (C=O) groups excluding carboxylic acids is 1. The number of carboxylic acid groups (broad SMARTS) is 1. The van der Waals surface area contributed by atoms with E-state index in [9.17, 15) is 19.8 Å². The molecule has 4 aromatic heterocycles. The molecule has 0 bridgehead atoms. The average molecular weight is 775 g/mol. The number of aliphatic hydroxyl groups is 1. The van der Waals surface area contributed by atoms with Crippen LogP contribution in [0.5, 0.6) is 11.6 Å². The third-order valence-electron chi connectivity index (χ3n) is 10.1. The van der Waals surface area contributed by atoms with Gasteiger partial charge in [-0.15, -0.1) is 0 Å². The molecule has 0 spiro atoms. The van der Waals surface area contributed by atoms with E-state index in [1.165, 1.54) is 12.0 Å². The summed E-state index contributed by atoms with van der Waals surface area (Å²) in [5, 5.41) is 26.9. The highest BCUT2D eigenvalue weighted by molar-refractivity contribution is 6.39. The van der Waals surface area contributed by atoms with Crippen molar-refractivity contribution >= 4 is 40.8 Å². The molecule has 1 saturated carbocycles. The maximum absolute atomic E-state index is 12.1. The molecular weight excluding hydrogens is 733 g/mol. The van der Waals surface area contributed by atoms with Crippen molar-refractivity contribution in [2.45, 2.75) is 69.8 Å². The van der Waals surface area contributed by atoms with Crippen LogP contribution in [0.1, 0.15) is 49.8 Å². The summed E-state index contributed by atoms with van der Waals surface area (Å²) >= 11 is 14.2. The molecule has 54 heavy (non-hydrogen) atoms. The topological polar surface area (TPSA) is 163 Å². The second kappa shape index (κ2) is 16.2. The lowest BCUT2D eigenvalue weighted by molar-refractivity contribution is -0.119. The number of nitrogens with zero attached hydrogens (tertiary/aromatic N) is 5. The summed E-state index contributed by atoms with van der Waals surface area (Å²) in [6, 6.07) is 12.9. The molecule has 0 radical (unpaired) electrons. The van der Waals surface area contributed by atoms with Crippen LogP contribution in [-0.2, 0) is 17.9 Å². The quantitative estimate of drug-likeness (QED) is 0.109. The van der Waals surface area contributed by atoms with Gasteiger partial charge in [-0.3, -0.25) is 9.78 Å². The van der Waals surface area contributed by atoms with Gasteiger partial charge in [-0.05, 0) is 56.4 Å². The smallest absolute Gasteiger partial charge is 0.407 e. The zero-order chi connectivity index (χ0) is 37.9. The van der Waals surface area contributed by atoms with E-state index in [1.54, 1.807) is 25.4 Å². The van der Waals surface area contributed by atoms with Gasteiger partial charge in [0.25, 0.3) is 0 Å². The highest BCUT2D eigenvalue weighted by atomic mass is 35.5. The molecule has 1 atom stereocenters. The first kappa shape index (κ1) is 37.4. The van der Waals surface area contributed by atoms with Crippen molar-refractivity contribution in [1.82, 2.24) is 34.9 Å². The van der Waals surface area contributed by atoms with E-state index < -0.39 is 6.09 Å². The highest BCUT2D eigenvalue weighted by Gasteiger charge is 2.27. The van der Waals surface area contributed by atoms with Crippen LogP contribution in [0, 0.1) is 0 Å². The molecule has 5 aromatic rings. The first-order chi connectivity index (χ1) is 26.1. The van der Waals surface area contributed by atoms with Gasteiger partial charge in [0.15, 0.2) is 11.4 Å². The van der Waals surface area contributed by atoms with Crippen LogP contribution in [-0.4, -0.2) is 85.4 Å². The van der Waals surface area contributed by atoms with E-state index in [1.807, 2.05) is 47.1 Å². The molecule has 1 saturated heterocycles. The zero-order valence-electron chi connectivity index (χ0n) is 29.9. The average Bonchev–Trinajstić information content (AvgIpc) is 3.79. The summed E-state index contributed by atoms with van der Waals surface area (Å²) in [4.78, 5) is 39.2. The van der Waals surface area contributed by atoms with Gasteiger partial charge in [0.05, 0.1) is 54.0 Å². The van der Waals surface area contributed by atoms with Crippen LogP contribution < -0.4 is 20.1 Å². The summed E-state index contributed by atoms with van der Waals surface area (Å²) in [5.41, 5.74) is 5.86. The van der Waals surface area contributed by atoms with E-state index in [4.69, 9.17) is 42.6 Å². The monoisotopic (exact) mass is 773 g/mol. The first-order valence-corrected chi connectivity index (χ1v) is 18.6. The van der Waals surface area contributed by atoms with Gasteiger partial charge in [-0.2, -0.15) is 0 Å². The van der Waals surface area contributed by atoms with Crippen molar-refractivity contribution in [1.29, 1.82) is 0 Å². The van der Waals surface area contributed by atoms with Crippen LogP contribution in [0.25, 0.3) is 39.3 Å². The molecule has 282 valence electrons. The predicted octanol–water partition coefficient (Wildman–Crippen LogP) is 6.60. The van der Waals surface area contributed by atoms with Crippen molar-refractivity contribution in [2.24, 2.45) is 0 Å². The Morgan fingerprint density at radius 1 is 1.00 bits per heavy atom. The molecule has 15 heteroatoms. The summed E-state index contributed by atoms with van der Waals surface area (Å²) in [6.45, 7) is 0.778. The molecule has 1 aliphatic heterocycles. The summed E-state index contributed by atoms with van der Waals surface area (Å²) in [6.07, 6.45) is 8.70. The molecule has 5 heterocycles. The van der Waals surface area contributed by atoms with Gasteiger partial charge in [-0.25, -0.2) is 14.8 Å². The van der Waals surface area contributed by atoms with E-state index in [-0.39, 0.29) is 37.0 Å². The van der Waals surface area contributed by atoms with Crippen molar-refractivity contribution in [3.8, 4) is 45.3 Å². The van der Waals surface area contributed by atoms with E-state index in [0.717, 1.165) is 36.9 Å². The fourth-order valence-electron chi connectivity index (χ4n) is 7.22. The number of fused-ring (bicyclic) bond motifs is 1. The van der Waals surface area contributed by atoms with E-state index >= 15 is 0 Å². The Morgan fingerprint density at radius 2 is 1.78 bits per heavy atom. The van der Waals surface area contributed by atoms with Gasteiger partial charge in [-0.1, -0.05) is 41.4 Å². The minimum Gasteiger partial charge on any atom is -0.493 e. The van der Waals surface area contributed by atoms with Crippen LogP contribution in [0.4, 0.5) is 4.79 Å². The number of hydrogen-bond acceptors (Lipinski definition) is 9. The predicted molar refractivity (Wildman–Crippen MR) is 205 cm³/mol. The highest BCUT2D eigenvalue weighted by Crippen LogP contribution is 2.42. The molecular formula is C39H41Cl2N7O6. The standard InChI is InChI=1S/C39H41Cl2N7O6/c1-53-32-16-23(19-47-21-26(45-37(32)47)17-43-24-7-10-27(49)11-8-24)36-35(41)29(14-15-42-36)28-4-3-5-30(34(28)40)31-12-6-22(38(46-31)54-2)18-48(39(51)52)20-25-9-13-33(50)44-25/h3-6,12,14-16,19,21,24-25,27,43,49H,7-11,13,17-18,20H2,1-2H3,(H,44,50)(H,51,52)/t24-,25-,27-/m0/s1. The lowest BCUT2D eigenvalue weighted by Gasteiger charge is -2.25. The van der Waals surface area contributed by atoms with Crippen molar-refractivity contribution < 1.29 is 29.3 Å². The summed E-state index contributed by atoms with van der Waals surface area (Å²) < 4.78 is 13.3. The van der Waals surface area contributed by atoms with Crippen LogP contribution in [0.2, 0.25) is 10.0 Å². The summed E-state index contributed by atoms with van der Waals surface area (Å²) in [7, 11) is 3.08. The minimum atomic E-state index is -1.11. The molecule has 1 aromatic carbocycles. The van der Waals surface area contributed by atoms with Crippen molar-refractivity contribution in [2.75, 3.05) is 20.8 Å². The number of methoxy groups -OCH3 is 2. The number of nitrogens with one attached hydrogen (secondary N) is 2. The number of imidazole rings is 1. The fourth-order valence-corrected chi connectivity index (χ4v) is 7.86. The number of aliphatic hydroxyl groups excluding tert-OH is 1. The Morgan fingerprint density at radius 3 is 2.50 bits per heavy atom. The van der Waals surface area contributed by atoms with Crippen molar-refractivity contribution in [3.63, 3.8) is 0 Å². The normalized spacial score (nSPS) is 18.5. The third-order valence-corrected chi connectivity index (χ3v) is 10.9. The molecule has 13 nitrogen and oxygen atoms in total. The lowest BCUT2D eigenvalue weighted by atomic mass is 9.93. The van der Waals surface area contributed by atoms with E-state index in [0.29, 0.717) is 80.5 Å². The molecule has 2 fully saturated rings. The minimum absolute atomic E-state index is 0.0292. The lowest BCUT2D eigenvalue weighted by Crippen LogP contribution is -2.41. The number of hydrogen-bond donors (Lipinski definition) is 4. The second-order valence-corrected chi connectivity index (χ2v) is 14.4. The number of rotatable bonds is 12. The Kier molecular flexibility index (Phi) is 11.2. The molecule has 4 N–H and O–H groups in total. The maximum Gasteiger partial charge on any atom is 0.407 e. The molecule has 2 aliphatic rings. The first-order valence-electron chi connectivity index (χ1n) is 17.8. The third kappa shape index (κ3) is 7.95. The zero-order valence-corrected chi connectivity index (χ0v) is 31.4. The van der Waals surface area contributed by atoms with Crippen molar-refractivity contribution in [3.05, 3.63) is 82.4 Å².